The minimum atomic E-state index is -0.475. The molecule has 0 saturated carbocycles. The Morgan fingerprint density at radius 1 is 1.27 bits per heavy atom. The summed E-state index contributed by atoms with van der Waals surface area (Å²) < 4.78 is 0. The van der Waals surface area contributed by atoms with Crippen molar-refractivity contribution in [1.29, 1.82) is 0 Å². The average Bonchev–Trinajstić information content (AvgIpc) is 2.51. The Morgan fingerprint density at radius 2 is 1.86 bits per heavy atom. The highest BCUT2D eigenvalue weighted by molar-refractivity contribution is 5.94. The molecule has 0 aliphatic rings. The lowest BCUT2D eigenvalue weighted by atomic mass is 10.1. The largest absolute Gasteiger partial charge is 0.350 e. The first-order chi connectivity index (χ1) is 10.5. The summed E-state index contributed by atoms with van der Waals surface area (Å²) in [6, 6.07) is 5.74. The summed E-state index contributed by atoms with van der Waals surface area (Å²) in [5, 5.41) is 13.5. The standard InChI is InChI=1S/C16H25N3O3/c1-4-18(5-2)12-6-7-13(3)17-16(20)14-8-10-15(11-9-14)19(21)22/h8-11,13H,4-7,12H2,1-3H3,(H,17,20)/t13-/m1/s1. The second-order valence-electron chi connectivity index (χ2n) is 5.35. The highest BCUT2D eigenvalue weighted by Gasteiger charge is 2.12. The van der Waals surface area contributed by atoms with Gasteiger partial charge in [0.05, 0.1) is 4.92 Å². The van der Waals surface area contributed by atoms with Gasteiger partial charge in [0, 0.05) is 23.7 Å². The Labute approximate surface area is 131 Å². The number of hydrogen-bond donors (Lipinski definition) is 1. The highest BCUT2D eigenvalue weighted by Crippen LogP contribution is 2.12. The Hall–Kier alpha value is -1.95. The number of hydrogen-bond acceptors (Lipinski definition) is 4. The molecule has 0 spiro atoms. The topological polar surface area (TPSA) is 75.5 Å². The molecule has 0 aliphatic carbocycles. The van der Waals surface area contributed by atoms with E-state index in [4.69, 9.17) is 0 Å². The van der Waals surface area contributed by atoms with Crippen molar-refractivity contribution in [3.63, 3.8) is 0 Å². The van der Waals surface area contributed by atoms with E-state index < -0.39 is 4.92 Å². The molecule has 1 atom stereocenters. The summed E-state index contributed by atoms with van der Waals surface area (Å²) in [6.45, 7) is 9.38. The molecule has 0 unspecified atom stereocenters. The van der Waals surface area contributed by atoms with Crippen LogP contribution in [0.4, 0.5) is 5.69 Å². The Bertz CT molecular complexity index is 484. The predicted octanol–water partition coefficient (Wildman–Crippen LogP) is 2.84. The van der Waals surface area contributed by atoms with Gasteiger partial charge in [0.15, 0.2) is 0 Å². The van der Waals surface area contributed by atoms with Crippen LogP contribution in [0, 0.1) is 10.1 Å². The second kappa shape index (κ2) is 9.15. The molecule has 1 amide bonds. The molecule has 0 fully saturated rings. The third-order valence-corrected chi connectivity index (χ3v) is 3.72. The number of nitrogens with one attached hydrogen (secondary N) is 1. The molecule has 1 N–H and O–H groups in total. The van der Waals surface area contributed by atoms with Crippen molar-refractivity contribution in [3.05, 3.63) is 39.9 Å². The zero-order chi connectivity index (χ0) is 16.5. The van der Waals surface area contributed by atoms with Crippen LogP contribution in [0.5, 0.6) is 0 Å². The van der Waals surface area contributed by atoms with Crippen molar-refractivity contribution in [1.82, 2.24) is 10.2 Å². The summed E-state index contributed by atoms with van der Waals surface area (Å²) >= 11 is 0. The Kier molecular flexibility index (Phi) is 7.52. The number of nitrogens with zero attached hydrogens (tertiary/aromatic N) is 2. The van der Waals surface area contributed by atoms with Gasteiger partial charge < -0.3 is 10.2 Å². The van der Waals surface area contributed by atoms with Gasteiger partial charge in [-0.05, 0) is 51.5 Å². The number of non-ortho nitro benzene ring substituents is 1. The zero-order valence-corrected chi connectivity index (χ0v) is 13.5. The number of amides is 1. The summed E-state index contributed by atoms with van der Waals surface area (Å²) in [4.78, 5) is 24.5. The van der Waals surface area contributed by atoms with Crippen LogP contribution in [0.25, 0.3) is 0 Å². The van der Waals surface area contributed by atoms with E-state index >= 15 is 0 Å². The SMILES string of the molecule is CCN(CC)CCC[C@@H](C)NC(=O)c1ccc([N+](=O)[O-])cc1. The summed E-state index contributed by atoms with van der Waals surface area (Å²) in [5.74, 6) is -0.190. The van der Waals surface area contributed by atoms with E-state index in [0.717, 1.165) is 32.5 Å². The van der Waals surface area contributed by atoms with E-state index in [9.17, 15) is 14.9 Å². The molecule has 0 saturated heterocycles. The molecule has 0 aliphatic heterocycles. The van der Waals surface area contributed by atoms with E-state index in [1.165, 1.54) is 24.3 Å². The molecule has 6 nitrogen and oxygen atoms in total. The number of benzene rings is 1. The highest BCUT2D eigenvalue weighted by atomic mass is 16.6. The van der Waals surface area contributed by atoms with Gasteiger partial charge in [-0.3, -0.25) is 14.9 Å². The van der Waals surface area contributed by atoms with Crippen LogP contribution in [-0.4, -0.2) is 41.4 Å². The molecule has 0 heterocycles. The van der Waals surface area contributed by atoms with Crippen LogP contribution in [-0.2, 0) is 0 Å². The van der Waals surface area contributed by atoms with Gasteiger partial charge in [0.25, 0.3) is 11.6 Å². The van der Waals surface area contributed by atoms with Gasteiger partial charge in [-0.15, -0.1) is 0 Å². The van der Waals surface area contributed by atoms with Gasteiger partial charge in [0.1, 0.15) is 0 Å². The fourth-order valence-corrected chi connectivity index (χ4v) is 2.27. The maximum Gasteiger partial charge on any atom is 0.269 e. The fourth-order valence-electron chi connectivity index (χ4n) is 2.27. The quantitative estimate of drug-likeness (QED) is 0.562. The normalized spacial score (nSPS) is 12.2. The van der Waals surface area contributed by atoms with Crippen molar-refractivity contribution in [3.8, 4) is 0 Å². The van der Waals surface area contributed by atoms with Crippen molar-refractivity contribution in [2.24, 2.45) is 0 Å². The van der Waals surface area contributed by atoms with Gasteiger partial charge in [-0.25, -0.2) is 0 Å². The molecular formula is C16H25N3O3. The van der Waals surface area contributed by atoms with Gasteiger partial charge in [0.2, 0.25) is 0 Å². The van der Waals surface area contributed by atoms with Crippen LogP contribution in [0.3, 0.4) is 0 Å². The number of carbonyl (C=O) groups excluding carboxylic acids is 1. The second-order valence-corrected chi connectivity index (χ2v) is 5.35. The molecular weight excluding hydrogens is 282 g/mol. The van der Waals surface area contributed by atoms with Gasteiger partial charge in [-0.2, -0.15) is 0 Å². The van der Waals surface area contributed by atoms with Crippen LogP contribution in [0.1, 0.15) is 44.0 Å². The lowest BCUT2D eigenvalue weighted by Gasteiger charge is -2.19. The molecule has 1 rings (SSSR count). The minimum absolute atomic E-state index is 0.0104. The van der Waals surface area contributed by atoms with E-state index in [1.54, 1.807) is 0 Å². The van der Waals surface area contributed by atoms with Crippen molar-refractivity contribution in [2.45, 2.75) is 39.7 Å². The minimum Gasteiger partial charge on any atom is -0.350 e. The maximum atomic E-state index is 12.1. The molecule has 122 valence electrons. The summed E-state index contributed by atoms with van der Waals surface area (Å²) in [5.41, 5.74) is 0.435. The smallest absolute Gasteiger partial charge is 0.269 e. The van der Waals surface area contributed by atoms with Gasteiger partial charge >= 0.3 is 0 Å². The summed E-state index contributed by atoms with van der Waals surface area (Å²) in [7, 11) is 0. The Morgan fingerprint density at radius 3 is 2.36 bits per heavy atom. The Balaban J connectivity index is 2.42. The molecule has 22 heavy (non-hydrogen) atoms. The van der Waals surface area contributed by atoms with E-state index in [2.05, 4.69) is 24.1 Å². The van der Waals surface area contributed by atoms with Crippen LogP contribution < -0.4 is 5.32 Å². The maximum absolute atomic E-state index is 12.1. The predicted molar refractivity (Wildman–Crippen MR) is 87.0 cm³/mol. The van der Waals surface area contributed by atoms with Crippen molar-refractivity contribution < 1.29 is 9.72 Å². The average molecular weight is 307 g/mol. The zero-order valence-electron chi connectivity index (χ0n) is 13.5. The lowest BCUT2D eigenvalue weighted by molar-refractivity contribution is -0.384. The molecule has 0 radical (unpaired) electrons. The lowest BCUT2D eigenvalue weighted by Crippen LogP contribution is -2.33. The van der Waals surface area contributed by atoms with E-state index in [0.29, 0.717) is 5.56 Å². The van der Waals surface area contributed by atoms with E-state index in [-0.39, 0.29) is 17.6 Å². The first-order valence-corrected chi connectivity index (χ1v) is 7.75. The van der Waals surface area contributed by atoms with Crippen LogP contribution in [0.15, 0.2) is 24.3 Å². The number of nitro groups is 1. The van der Waals surface area contributed by atoms with Crippen molar-refractivity contribution >= 4 is 11.6 Å². The number of carbonyl (C=O) groups is 1. The number of rotatable bonds is 9. The first-order valence-electron chi connectivity index (χ1n) is 7.75. The molecule has 6 heteroatoms. The third-order valence-electron chi connectivity index (χ3n) is 3.72. The van der Waals surface area contributed by atoms with E-state index in [1.807, 2.05) is 6.92 Å². The first kappa shape index (κ1) is 18.1. The van der Waals surface area contributed by atoms with Crippen molar-refractivity contribution in [2.75, 3.05) is 19.6 Å². The van der Waals surface area contributed by atoms with Crippen LogP contribution >= 0.6 is 0 Å². The monoisotopic (exact) mass is 307 g/mol. The molecule has 1 aromatic rings. The molecule has 0 aromatic heterocycles. The molecule has 0 bridgehead atoms. The fraction of sp³-hybridized carbons (Fsp3) is 0.562. The number of nitro benzene ring substituents is 1. The summed E-state index contributed by atoms with van der Waals surface area (Å²) in [6.07, 6.45) is 1.94. The van der Waals surface area contributed by atoms with Gasteiger partial charge in [-0.1, -0.05) is 13.8 Å². The van der Waals surface area contributed by atoms with Crippen LogP contribution in [0.2, 0.25) is 0 Å². The third kappa shape index (κ3) is 5.81. The molecule has 1 aromatic carbocycles.